The molecule has 0 bridgehead atoms. The third-order valence-electron chi connectivity index (χ3n) is 7.21. The molecule has 3 atom stereocenters. The highest BCUT2D eigenvalue weighted by atomic mass is 127. The molecule has 0 spiro atoms. The van der Waals surface area contributed by atoms with Crippen molar-refractivity contribution in [3.63, 3.8) is 0 Å². The molecule has 202 valence electrons. The Morgan fingerprint density at radius 2 is 1.21 bits per heavy atom. The van der Waals surface area contributed by atoms with E-state index in [0.29, 0.717) is 3.57 Å². The van der Waals surface area contributed by atoms with Gasteiger partial charge < -0.3 is 8.74 Å². The molecular weight excluding hydrogens is 865 g/mol. The summed E-state index contributed by atoms with van der Waals surface area (Å²) in [6.07, 6.45) is 18.0. The maximum absolute atomic E-state index is 14.2. The SMILES string of the molecule is O=S(=O)([O-])c1c(I)cc(I)c(OS(=O)(=O)c2c(C3C=CCC3)cc(C3C=CCC3)cc2C2C=CCC2)c1I. The van der Waals surface area contributed by atoms with Crippen LogP contribution in [-0.2, 0) is 20.2 Å². The van der Waals surface area contributed by atoms with Crippen LogP contribution < -0.4 is 4.18 Å². The molecule has 6 nitrogen and oxygen atoms in total. The fourth-order valence-electron chi connectivity index (χ4n) is 5.46. The first-order chi connectivity index (χ1) is 18.0. The van der Waals surface area contributed by atoms with Crippen molar-refractivity contribution in [2.24, 2.45) is 0 Å². The lowest BCUT2D eigenvalue weighted by Gasteiger charge is -2.25. The molecule has 3 aliphatic carbocycles. The summed E-state index contributed by atoms with van der Waals surface area (Å²) in [7, 11) is -9.25. The van der Waals surface area contributed by atoms with Crippen LogP contribution in [0.4, 0.5) is 0 Å². The Morgan fingerprint density at radius 3 is 1.66 bits per heavy atom. The second-order valence-corrected chi connectivity index (χ2v) is 15.9. The minimum Gasteiger partial charge on any atom is -0.744 e. The Bertz CT molecular complexity index is 1550. The van der Waals surface area contributed by atoms with Gasteiger partial charge in [0.2, 0.25) is 0 Å². The summed E-state index contributed by atoms with van der Waals surface area (Å²) in [4.78, 5) is -0.307. The van der Waals surface area contributed by atoms with Gasteiger partial charge in [0.15, 0.2) is 5.75 Å². The van der Waals surface area contributed by atoms with Gasteiger partial charge in [-0.05, 0) is 129 Å². The Labute approximate surface area is 264 Å². The quantitative estimate of drug-likeness (QED) is 0.124. The van der Waals surface area contributed by atoms with Gasteiger partial charge in [0.1, 0.15) is 15.0 Å². The van der Waals surface area contributed by atoms with Crippen molar-refractivity contribution in [3.05, 3.63) is 82.1 Å². The van der Waals surface area contributed by atoms with E-state index in [1.54, 1.807) is 45.2 Å². The summed E-state index contributed by atoms with van der Waals surface area (Å²) >= 11 is 5.38. The lowest BCUT2D eigenvalue weighted by atomic mass is 9.86. The molecule has 0 amide bonds. The first-order valence-corrected chi connectivity index (χ1v) is 18.3. The third kappa shape index (κ3) is 5.78. The molecule has 2 aromatic rings. The molecule has 0 radical (unpaired) electrons. The first-order valence-electron chi connectivity index (χ1n) is 12.2. The average molecular weight is 889 g/mol. The smallest absolute Gasteiger partial charge is 0.339 e. The van der Waals surface area contributed by atoms with Crippen molar-refractivity contribution in [2.45, 2.75) is 66.1 Å². The fraction of sp³-hybridized carbons (Fsp3) is 0.333. The topological polar surface area (TPSA) is 101 Å². The monoisotopic (exact) mass is 889 g/mol. The van der Waals surface area contributed by atoms with Gasteiger partial charge in [-0.15, -0.1) is 0 Å². The van der Waals surface area contributed by atoms with E-state index in [-0.39, 0.29) is 35.5 Å². The van der Waals surface area contributed by atoms with Crippen LogP contribution >= 0.6 is 67.8 Å². The Hall–Kier alpha value is -0.490. The van der Waals surface area contributed by atoms with Crippen LogP contribution in [0.5, 0.6) is 5.75 Å². The van der Waals surface area contributed by atoms with Crippen LogP contribution in [0.2, 0.25) is 0 Å². The molecule has 0 N–H and O–H groups in total. The highest BCUT2D eigenvalue weighted by Gasteiger charge is 2.34. The Morgan fingerprint density at radius 1 is 0.711 bits per heavy atom. The van der Waals surface area contributed by atoms with Crippen molar-refractivity contribution in [1.82, 2.24) is 0 Å². The summed E-state index contributed by atoms with van der Waals surface area (Å²) in [6, 6.07) is 5.50. The Kier molecular flexibility index (Phi) is 8.72. The Balaban J connectivity index is 1.72. The zero-order chi connectivity index (χ0) is 27.2. The molecule has 5 rings (SSSR count). The van der Waals surface area contributed by atoms with Gasteiger partial charge in [0, 0.05) is 21.3 Å². The van der Waals surface area contributed by atoms with Gasteiger partial charge in [-0.2, -0.15) is 8.42 Å². The molecule has 2 aromatic carbocycles. The van der Waals surface area contributed by atoms with Gasteiger partial charge in [-0.1, -0.05) is 48.6 Å². The molecule has 3 unspecified atom stereocenters. The van der Waals surface area contributed by atoms with Gasteiger partial charge in [0.25, 0.3) is 0 Å². The van der Waals surface area contributed by atoms with E-state index in [4.69, 9.17) is 4.18 Å². The van der Waals surface area contributed by atoms with E-state index in [1.165, 1.54) is 6.07 Å². The molecule has 38 heavy (non-hydrogen) atoms. The average Bonchev–Trinajstić information content (AvgIpc) is 3.63. The summed E-state index contributed by atoms with van der Waals surface area (Å²) in [6.45, 7) is 0. The highest BCUT2D eigenvalue weighted by molar-refractivity contribution is 14.1. The molecule has 0 aromatic heterocycles. The van der Waals surface area contributed by atoms with Gasteiger partial charge in [0.05, 0.1) is 12.0 Å². The van der Waals surface area contributed by atoms with Crippen LogP contribution in [0, 0.1) is 10.7 Å². The van der Waals surface area contributed by atoms with Crippen LogP contribution in [-0.4, -0.2) is 21.4 Å². The standard InChI is InChI=1S/C27H25I3O6S2/c28-22-15-23(29)27(37(31,32)33)24(30)25(22)36-38(34,35)26-20(17-9-3-4-10-17)13-19(16-7-1-2-8-16)14-21(26)18-11-5-6-12-18/h1,3,5,7,9,11,13-18H,2,4,6,8,10,12H2,(H,31,32,33)/p-1. The van der Waals surface area contributed by atoms with Crippen LogP contribution in [0.15, 0.2) is 64.4 Å². The number of halogens is 3. The minimum atomic E-state index is -4.85. The summed E-state index contributed by atoms with van der Waals surface area (Å²) < 4.78 is 70.8. The second-order valence-electron chi connectivity index (χ2n) is 9.67. The van der Waals surface area contributed by atoms with Gasteiger partial charge >= 0.3 is 10.1 Å². The zero-order valence-corrected chi connectivity index (χ0v) is 28.2. The highest BCUT2D eigenvalue weighted by Crippen LogP contribution is 2.45. The minimum absolute atomic E-state index is 0.0326. The van der Waals surface area contributed by atoms with E-state index in [2.05, 4.69) is 36.5 Å². The van der Waals surface area contributed by atoms with Crippen molar-refractivity contribution in [3.8, 4) is 5.75 Å². The maximum atomic E-state index is 14.2. The molecular formula is C27H24I3O6S2-. The normalized spacial score (nSPS) is 23.0. The van der Waals surface area contributed by atoms with Crippen molar-refractivity contribution in [2.75, 3.05) is 0 Å². The number of hydrogen-bond donors (Lipinski definition) is 0. The molecule has 3 aliphatic rings. The number of hydrogen-bond acceptors (Lipinski definition) is 6. The molecule has 0 saturated carbocycles. The van der Waals surface area contributed by atoms with E-state index in [1.807, 2.05) is 34.7 Å². The first kappa shape index (κ1) is 29.0. The fourth-order valence-corrected chi connectivity index (χ4v) is 13.0. The number of allylic oxidation sites excluding steroid dienone is 6. The molecule has 11 heteroatoms. The molecule has 0 saturated heterocycles. The van der Waals surface area contributed by atoms with Crippen LogP contribution in [0.3, 0.4) is 0 Å². The van der Waals surface area contributed by atoms with Crippen molar-refractivity contribution in [1.29, 1.82) is 0 Å². The van der Waals surface area contributed by atoms with E-state index in [9.17, 15) is 21.4 Å². The molecule has 0 fully saturated rings. The number of benzene rings is 2. The summed E-state index contributed by atoms with van der Waals surface area (Å²) in [5.41, 5.74) is 2.56. The maximum Gasteiger partial charge on any atom is 0.339 e. The summed E-state index contributed by atoms with van der Waals surface area (Å²) in [5, 5.41) is 0. The molecule has 0 heterocycles. The van der Waals surface area contributed by atoms with Gasteiger partial charge in [-0.25, -0.2) is 8.42 Å². The zero-order valence-electron chi connectivity index (χ0n) is 20.1. The van der Waals surface area contributed by atoms with Crippen LogP contribution in [0.25, 0.3) is 0 Å². The van der Waals surface area contributed by atoms with E-state index >= 15 is 0 Å². The van der Waals surface area contributed by atoms with E-state index < -0.39 is 25.1 Å². The molecule has 0 aliphatic heterocycles. The lowest BCUT2D eigenvalue weighted by Crippen LogP contribution is -2.19. The summed E-state index contributed by atoms with van der Waals surface area (Å²) in [5.74, 6) is -0.0240. The van der Waals surface area contributed by atoms with Crippen LogP contribution in [0.1, 0.15) is 73.0 Å². The van der Waals surface area contributed by atoms with E-state index in [0.717, 1.165) is 55.2 Å². The second kappa shape index (κ2) is 11.4. The lowest BCUT2D eigenvalue weighted by molar-refractivity contribution is 0.457. The predicted molar refractivity (Wildman–Crippen MR) is 170 cm³/mol. The number of rotatable bonds is 7. The third-order valence-corrected chi connectivity index (χ3v) is 12.9. The van der Waals surface area contributed by atoms with Crippen molar-refractivity contribution >= 4 is 88.0 Å². The predicted octanol–water partition coefficient (Wildman–Crippen LogP) is 7.47. The van der Waals surface area contributed by atoms with Crippen molar-refractivity contribution < 1.29 is 25.6 Å². The van der Waals surface area contributed by atoms with Gasteiger partial charge in [-0.3, -0.25) is 0 Å². The largest absolute Gasteiger partial charge is 0.744 e.